The van der Waals surface area contributed by atoms with Crippen LogP contribution in [0.25, 0.3) is 0 Å². The molecular formula is C14H22N4O3. The number of urea groups is 1. The predicted octanol–water partition coefficient (Wildman–Crippen LogP) is 2.06. The standard InChI is InChI=1S/C14H22N4O3/c1-2-18-9-11(8-16-18)17-13(21)15-10-14(12(19)20)6-4-3-5-7-14/h8-9H,2-7,10H2,1H3,(H,19,20)(H2,15,17,21). The summed E-state index contributed by atoms with van der Waals surface area (Å²) in [6, 6.07) is -0.392. The second kappa shape index (κ2) is 6.60. The third-order valence-corrected chi connectivity index (χ3v) is 4.07. The summed E-state index contributed by atoms with van der Waals surface area (Å²) in [5.74, 6) is -0.818. The van der Waals surface area contributed by atoms with E-state index in [1.54, 1.807) is 17.1 Å². The van der Waals surface area contributed by atoms with Crippen molar-refractivity contribution < 1.29 is 14.7 Å². The van der Waals surface area contributed by atoms with Crippen LogP contribution in [0.5, 0.6) is 0 Å². The van der Waals surface area contributed by atoms with Gasteiger partial charge in [0.25, 0.3) is 0 Å². The normalized spacial score (nSPS) is 17.2. The molecule has 0 saturated heterocycles. The fourth-order valence-electron chi connectivity index (χ4n) is 2.72. The van der Waals surface area contributed by atoms with Gasteiger partial charge < -0.3 is 15.7 Å². The minimum absolute atomic E-state index is 0.163. The van der Waals surface area contributed by atoms with Crippen molar-refractivity contribution in [3.8, 4) is 0 Å². The molecule has 1 fully saturated rings. The number of aryl methyl sites for hydroxylation is 1. The molecular weight excluding hydrogens is 272 g/mol. The number of aliphatic carboxylic acids is 1. The van der Waals surface area contributed by atoms with E-state index in [1.165, 1.54) is 0 Å². The topological polar surface area (TPSA) is 96.2 Å². The van der Waals surface area contributed by atoms with Gasteiger partial charge in [-0.25, -0.2) is 4.79 Å². The van der Waals surface area contributed by atoms with E-state index in [4.69, 9.17) is 0 Å². The molecule has 1 aliphatic rings. The number of rotatable bonds is 5. The van der Waals surface area contributed by atoms with Crippen molar-refractivity contribution in [3.05, 3.63) is 12.4 Å². The molecule has 7 heteroatoms. The number of hydrogen-bond acceptors (Lipinski definition) is 3. The van der Waals surface area contributed by atoms with E-state index < -0.39 is 17.4 Å². The zero-order valence-electron chi connectivity index (χ0n) is 12.3. The molecule has 116 valence electrons. The van der Waals surface area contributed by atoms with Gasteiger partial charge >= 0.3 is 12.0 Å². The molecule has 1 heterocycles. The smallest absolute Gasteiger partial charge is 0.319 e. The highest BCUT2D eigenvalue weighted by Gasteiger charge is 2.39. The average Bonchev–Trinajstić information content (AvgIpc) is 2.93. The molecule has 1 aliphatic carbocycles. The minimum atomic E-state index is -0.818. The molecule has 21 heavy (non-hydrogen) atoms. The van der Waals surface area contributed by atoms with Crippen LogP contribution in [0.2, 0.25) is 0 Å². The Kier molecular flexibility index (Phi) is 4.82. The number of aromatic nitrogens is 2. The van der Waals surface area contributed by atoms with Crippen LogP contribution in [0.15, 0.2) is 12.4 Å². The molecule has 0 atom stereocenters. The Bertz CT molecular complexity index is 506. The Balaban J connectivity index is 1.88. The average molecular weight is 294 g/mol. The van der Waals surface area contributed by atoms with Crippen LogP contribution in [0.4, 0.5) is 10.5 Å². The first-order valence-corrected chi connectivity index (χ1v) is 7.36. The predicted molar refractivity (Wildman–Crippen MR) is 78.1 cm³/mol. The summed E-state index contributed by atoms with van der Waals surface area (Å²) in [6.45, 7) is 2.85. The molecule has 2 rings (SSSR count). The van der Waals surface area contributed by atoms with Gasteiger partial charge in [0.2, 0.25) is 0 Å². The number of carboxylic acids is 1. The lowest BCUT2D eigenvalue weighted by atomic mass is 9.74. The Morgan fingerprint density at radius 1 is 1.38 bits per heavy atom. The van der Waals surface area contributed by atoms with Gasteiger partial charge in [0.15, 0.2) is 0 Å². The first kappa shape index (κ1) is 15.3. The van der Waals surface area contributed by atoms with Gasteiger partial charge in [0, 0.05) is 19.3 Å². The number of nitrogens with one attached hydrogen (secondary N) is 2. The van der Waals surface area contributed by atoms with Gasteiger partial charge in [-0.3, -0.25) is 9.48 Å². The fraction of sp³-hybridized carbons (Fsp3) is 0.643. The lowest BCUT2D eigenvalue weighted by Gasteiger charge is -2.33. The summed E-state index contributed by atoms with van der Waals surface area (Å²) in [7, 11) is 0. The van der Waals surface area contributed by atoms with Gasteiger partial charge in [-0.05, 0) is 19.8 Å². The van der Waals surface area contributed by atoms with E-state index in [0.717, 1.165) is 25.8 Å². The Labute approximate surface area is 123 Å². The number of carbonyl (C=O) groups is 2. The molecule has 1 saturated carbocycles. The van der Waals surface area contributed by atoms with Crippen molar-refractivity contribution in [2.75, 3.05) is 11.9 Å². The monoisotopic (exact) mass is 294 g/mol. The first-order valence-electron chi connectivity index (χ1n) is 7.36. The lowest BCUT2D eigenvalue weighted by molar-refractivity contribution is -0.150. The van der Waals surface area contributed by atoms with Gasteiger partial charge in [0.05, 0.1) is 17.3 Å². The van der Waals surface area contributed by atoms with Crippen LogP contribution >= 0.6 is 0 Å². The largest absolute Gasteiger partial charge is 0.481 e. The van der Waals surface area contributed by atoms with E-state index in [1.807, 2.05) is 6.92 Å². The van der Waals surface area contributed by atoms with Crippen LogP contribution in [0.3, 0.4) is 0 Å². The number of amides is 2. The second-order valence-corrected chi connectivity index (χ2v) is 5.54. The molecule has 0 radical (unpaired) electrons. The van der Waals surface area contributed by atoms with Crippen molar-refractivity contribution in [3.63, 3.8) is 0 Å². The molecule has 0 bridgehead atoms. The quantitative estimate of drug-likeness (QED) is 0.774. The number of carboxylic acid groups (broad SMARTS) is 1. The number of anilines is 1. The maximum Gasteiger partial charge on any atom is 0.319 e. The zero-order chi connectivity index (χ0) is 15.3. The molecule has 7 nitrogen and oxygen atoms in total. The molecule has 0 unspecified atom stereocenters. The first-order chi connectivity index (χ1) is 10.1. The summed E-state index contributed by atoms with van der Waals surface area (Å²) in [5, 5.41) is 18.8. The molecule has 1 aromatic heterocycles. The number of nitrogens with zero attached hydrogens (tertiary/aromatic N) is 2. The van der Waals surface area contributed by atoms with Crippen molar-refractivity contribution in [1.82, 2.24) is 15.1 Å². The van der Waals surface area contributed by atoms with Crippen molar-refractivity contribution in [2.45, 2.75) is 45.6 Å². The molecule has 2 amide bonds. The molecule has 1 aromatic rings. The molecule has 0 spiro atoms. The summed E-state index contributed by atoms with van der Waals surface area (Å²) >= 11 is 0. The van der Waals surface area contributed by atoms with Crippen LogP contribution < -0.4 is 10.6 Å². The van der Waals surface area contributed by atoms with E-state index >= 15 is 0 Å². The summed E-state index contributed by atoms with van der Waals surface area (Å²) < 4.78 is 1.70. The van der Waals surface area contributed by atoms with Gasteiger partial charge in [-0.2, -0.15) is 5.10 Å². The highest BCUT2D eigenvalue weighted by molar-refractivity contribution is 5.89. The van der Waals surface area contributed by atoms with Crippen LogP contribution in [0.1, 0.15) is 39.0 Å². The Morgan fingerprint density at radius 2 is 2.10 bits per heavy atom. The van der Waals surface area contributed by atoms with E-state index in [2.05, 4.69) is 15.7 Å². The van der Waals surface area contributed by atoms with Gasteiger partial charge in [0.1, 0.15) is 0 Å². The maximum absolute atomic E-state index is 11.9. The van der Waals surface area contributed by atoms with Crippen LogP contribution in [0, 0.1) is 5.41 Å². The van der Waals surface area contributed by atoms with E-state index in [0.29, 0.717) is 18.5 Å². The summed E-state index contributed by atoms with van der Waals surface area (Å²) in [4.78, 5) is 23.4. The molecule has 0 aromatic carbocycles. The fourth-order valence-corrected chi connectivity index (χ4v) is 2.72. The third kappa shape index (κ3) is 3.74. The summed E-state index contributed by atoms with van der Waals surface area (Å²) in [6.07, 6.45) is 7.41. The number of hydrogen-bond donors (Lipinski definition) is 3. The highest BCUT2D eigenvalue weighted by Crippen LogP contribution is 2.35. The Morgan fingerprint density at radius 3 is 2.67 bits per heavy atom. The highest BCUT2D eigenvalue weighted by atomic mass is 16.4. The SMILES string of the molecule is CCn1cc(NC(=O)NCC2(C(=O)O)CCCCC2)cn1. The number of carbonyl (C=O) groups excluding carboxylic acids is 1. The van der Waals surface area contributed by atoms with Crippen LogP contribution in [-0.2, 0) is 11.3 Å². The minimum Gasteiger partial charge on any atom is -0.481 e. The zero-order valence-corrected chi connectivity index (χ0v) is 12.3. The van der Waals surface area contributed by atoms with E-state index in [9.17, 15) is 14.7 Å². The van der Waals surface area contributed by atoms with Crippen molar-refractivity contribution >= 4 is 17.7 Å². The lowest BCUT2D eigenvalue weighted by Crippen LogP contribution is -2.45. The van der Waals surface area contributed by atoms with Crippen molar-refractivity contribution in [2.24, 2.45) is 5.41 Å². The molecule has 3 N–H and O–H groups in total. The maximum atomic E-state index is 11.9. The van der Waals surface area contributed by atoms with E-state index in [-0.39, 0.29) is 6.54 Å². The summed E-state index contributed by atoms with van der Waals surface area (Å²) in [5.41, 5.74) is -0.217. The van der Waals surface area contributed by atoms with Crippen molar-refractivity contribution in [1.29, 1.82) is 0 Å². The van der Waals surface area contributed by atoms with Crippen LogP contribution in [-0.4, -0.2) is 33.4 Å². The Hall–Kier alpha value is -2.05. The van der Waals surface area contributed by atoms with Gasteiger partial charge in [-0.1, -0.05) is 19.3 Å². The third-order valence-electron chi connectivity index (χ3n) is 4.07. The molecule has 0 aliphatic heterocycles. The van der Waals surface area contributed by atoms with Gasteiger partial charge in [-0.15, -0.1) is 0 Å². The second-order valence-electron chi connectivity index (χ2n) is 5.54.